The molecule has 0 aromatic heterocycles. The number of amides is 1. The fourth-order valence-electron chi connectivity index (χ4n) is 0.424. The number of rotatable bonds is 2. The van der Waals surface area contributed by atoms with Crippen molar-refractivity contribution < 1.29 is 4.79 Å². The van der Waals surface area contributed by atoms with Gasteiger partial charge in [0.05, 0.1) is 11.6 Å². The van der Waals surface area contributed by atoms with E-state index in [0.717, 1.165) is 0 Å². The predicted molar refractivity (Wildman–Crippen MR) is 44.7 cm³/mol. The highest BCUT2D eigenvalue weighted by molar-refractivity contribution is 5.85. The number of hydrogen-bond acceptors (Lipinski definition) is 2. The van der Waals surface area contributed by atoms with Crippen LogP contribution in [-0.2, 0) is 4.79 Å². The molecule has 0 aromatic rings. The summed E-state index contributed by atoms with van der Waals surface area (Å²) < 4.78 is 0. The third-order valence-electron chi connectivity index (χ3n) is 1.18. The summed E-state index contributed by atoms with van der Waals surface area (Å²) in [6, 6.07) is -0.259. The normalized spacial score (nSPS) is 13.4. The van der Waals surface area contributed by atoms with E-state index in [9.17, 15) is 4.79 Å². The van der Waals surface area contributed by atoms with Gasteiger partial charge >= 0.3 is 0 Å². The van der Waals surface area contributed by atoms with E-state index in [0.29, 0.717) is 0 Å². The Morgan fingerprint density at radius 3 is 2.45 bits per heavy atom. The van der Waals surface area contributed by atoms with Gasteiger partial charge in [-0.1, -0.05) is 5.92 Å². The lowest BCUT2D eigenvalue weighted by atomic mass is 10.1. The number of hydrogen-bond donors (Lipinski definition) is 2. The van der Waals surface area contributed by atoms with E-state index >= 15 is 0 Å². The van der Waals surface area contributed by atoms with E-state index in [2.05, 4.69) is 11.2 Å². The lowest BCUT2D eigenvalue weighted by Gasteiger charge is -2.19. The Labute approximate surface area is 67.3 Å². The topological polar surface area (TPSA) is 55.1 Å². The van der Waals surface area contributed by atoms with E-state index in [-0.39, 0.29) is 11.9 Å². The maximum Gasteiger partial charge on any atom is 0.240 e. The molecule has 0 aliphatic rings. The van der Waals surface area contributed by atoms with Crippen LogP contribution in [0.4, 0.5) is 0 Å². The highest BCUT2D eigenvalue weighted by atomic mass is 16.2. The maximum atomic E-state index is 11.1. The molecule has 0 heterocycles. The third-order valence-corrected chi connectivity index (χ3v) is 1.18. The minimum Gasteiger partial charge on any atom is -0.341 e. The lowest BCUT2D eigenvalue weighted by molar-refractivity contribution is -0.125. The van der Waals surface area contributed by atoms with Gasteiger partial charge in [-0.05, 0) is 20.8 Å². The van der Waals surface area contributed by atoms with E-state index in [1.165, 1.54) is 0 Å². The minimum absolute atomic E-state index is 0.233. The first-order valence-electron chi connectivity index (χ1n) is 3.44. The molecule has 0 aliphatic carbocycles. The smallest absolute Gasteiger partial charge is 0.240 e. The van der Waals surface area contributed by atoms with Gasteiger partial charge in [0.15, 0.2) is 0 Å². The molecule has 3 heteroatoms. The summed E-state index contributed by atoms with van der Waals surface area (Å²) in [7, 11) is 0. The second-order valence-corrected chi connectivity index (χ2v) is 3.08. The summed E-state index contributed by atoms with van der Waals surface area (Å²) in [5, 5.41) is 2.57. The van der Waals surface area contributed by atoms with Crippen molar-refractivity contribution in [2.45, 2.75) is 32.4 Å². The quantitative estimate of drug-likeness (QED) is 0.544. The van der Waals surface area contributed by atoms with Gasteiger partial charge in [-0.3, -0.25) is 4.79 Å². The molecule has 11 heavy (non-hydrogen) atoms. The molecule has 0 bridgehead atoms. The molecule has 3 nitrogen and oxygen atoms in total. The fourth-order valence-corrected chi connectivity index (χ4v) is 0.424. The highest BCUT2D eigenvalue weighted by Crippen LogP contribution is 1.96. The largest absolute Gasteiger partial charge is 0.341 e. The zero-order valence-electron chi connectivity index (χ0n) is 7.14. The molecule has 0 fully saturated rings. The van der Waals surface area contributed by atoms with Crippen molar-refractivity contribution in [2.24, 2.45) is 5.73 Å². The Hall–Kier alpha value is -1.01. The molecule has 0 aromatic carbocycles. The van der Waals surface area contributed by atoms with Crippen molar-refractivity contribution >= 4 is 5.91 Å². The third kappa shape index (κ3) is 3.64. The highest BCUT2D eigenvalue weighted by Gasteiger charge is 2.22. The van der Waals surface area contributed by atoms with Crippen LogP contribution in [0.1, 0.15) is 20.8 Å². The van der Waals surface area contributed by atoms with Crippen LogP contribution in [0.3, 0.4) is 0 Å². The van der Waals surface area contributed by atoms with Crippen molar-refractivity contribution in [2.75, 3.05) is 0 Å². The number of terminal acetylenes is 1. The monoisotopic (exact) mass is 154 g/mol. The summed E-state index contributed by atoms with van der Waals surface area (Å²) in [5.74, 6) is 2.15. The van der Waals surface area contributed by atoms with Gasteiger partial charge in [0.2, 0.25) is 5.91 Å². The molecule has 0 radical (unpaired) electrons. The Kier molecular flexibility index (Phi) is 3.09. The standard InChI is InChI=1S/C8H14N2O/c1-5-6(2)10-7(11)8(3,4)9/h1,6H,9H2,2-4H3,(H,10,11). The molecular weight excluding hydrogens is 140 g/mol. The van der Waals surface area contributed by atoms with E-state index in [4.69, 9.17) is 12.2 Å². The Bertz CT molecular complexity index is 185. The van der Waals surface area contributed by atoms with Crippen molar-refractivity contribution in [3.63, 3.8) is 0 Å². The average molecular weight is 154 g/mol. The SMILES string of the molecule is C#CC(C)NC(=O)C(C)(C)N. The summed E-state index contributed by atoms with van der Waals surface area (Å²) in [4.78, 5) is 11.1. The molecule has 0 spiro atoms. The van der Waals surface area contributed by atoms with Crippen LogP contribution in [0.2, 0.25) is 0 Å². The number of nitrogens with one attached hydrogen (secondary N) is 1. The Morgan fingerprint density at radius 2 is 2.18 bits per heavy atom. The van der Waals surface area contributed by atoms with Crippen LogP contribution in [0.15, 0.2) is 0 Å². The summed E-state index contributed by atoms with van der Waals surface area (Å²) in [6.07, 6.45) is 5.06. The Balaban J connectivity index is 4.01. The molecular formula is C8H14N2O. The van der Waals surface area contributed by atoms with Gasteiger partial charge < -0.3 is 11.1 Å². The van der Waals surface area contributed by atoms with Crippen molar-refractivity contribution in [3.8, 4) is 12.3 Å². The molecule has 0 aliphatic heterocycles. The van der Waals surface area contributed by atoms with Crippen LogP contribution < -0.4 is 11.1 Å². The van der Waals surface area contributed by atoms with Crippen molar-refractivity contribution in [1.29, 1.82) is 0 Å². The van der Waals surface area contributed by atoms with Gasteiger partial charge in [-0.15, -0.1) is 6.42 Å². The summed E-state index contributed by atoms with van der Waals surface area (Å²) >= 11 is 0. The number of carbonyl (C=O) groups is 1. The minimum atomic E-state index is -0.856. The van der Waals surface area contributed by atoms with Crippen LogP contribution in [-0.4, -0.2) is 17.5 Å². The van der Waals surface area contributed by atoms with Gasteiger partial charge in [0.1, 0.15) is 0 Å². The lowest BCUT2D eigenvalue weighted by Crippen LogP contribution is -2.51. The molecule has 1 atom stereocenters. The molecule has 3 N–H and O–H groups in total. The molecule has 1 amide bonds. The first-order valence-corrected chi connectivity index (χ1v) is 3.44. The molecule has 1 unspecified atom stereocenters. The zero-order chi connectivity index (χ0) is 9.07. The summed E-state index contributed by atoms with van der Waals surface area (Å²) in [6.45, 7) is 4.99. The molecule has 0 saturated carbocycles. The Morgan fingerprint density at radius 1 is 1.73 bits per heavy atom. The second kappa shape index (κ2) is 3.40. The molecule has 62 valence electrons. The summed E-state index contributed by atoms with van der Waals surface area (Å²) in [5.41, 5.74) is 4.65. The van der Waals surface area contributed by atoms with Crippen molar-refractivity contribution in [1.82, 2.24) is 5.32 Å². The second-order valence-electron chi connectivity index (χ2n) is 3.08. The van der Waals surface area contributed by atoms with Crippen LogP contribution in [0.5, 0.6) is 0 Å². The first-order chi connectivity index (χ1) is 4.88. The van der Waals surface area contributed by atoms with Crippen LogP contribution in [0.25, 0.3) is 0 Å². The van der Waals surface area contributed by atoms with E-state index < -0.39 is 5.54 Å². The average Bonchev–Trinajstić information content (AvgIpc) is 1.85. The number of carbonyl (C=O) groups excluding carboxylic acids is 1. The van der Waals surface area contributed by atoms with E-state index in [1.807, 2.05) is 0 Å². The first kappa shape index (κ1) is 9.99. The van der Waals surface area contributed by atoms with Gasteiger partial charge in [-0.25, -0.2) is 0 Å². The van der Waals surface area contributed by atoms with E-state index in [1.54, 1.807) is 20.8 Å². The van der Waals surface area contributed by atoms with Gasteiger partial charge in [0.25, 0.3) is 0 Å². The van der Waals surface area contributed by atoms with Gasteiger partial charge in [-0.2, -0.15) is 0 Å². The van der Waals surface area contributed by atoms with Crippen molar-refractivity contribution in [3.05, 3.63) is 0 Å². The van der Waals surface area contributed by atoms with Gasteiger partial charge in [0, 0.05) is 0 Å². The molecule has 0 rings (SSSR count). The van der Waals surface area contributed by atoms with Crippen LogP contribution >= 0.6 is 0 Å². The zero-order valence-corrected chi connectivity index (χ0v) is 7.14. The molecule has 0 saturated heterocycles. The fraction of sp³-hybridized carbons (Fsp3) is 0.625. The van der Waals surface area contributed by atoms with Crippen LogP contribution in [0, 0.1) is 12.3 Å². The maximum absolute atomic E-state index is 11.1. The number of nitrogens with two attached hydrogens (primary N) is 1. The predicted octanol–water partition coefficient (Wildman–Crippen LogP) is -0.138.